The molecule has 0 radical (unpaired) electrons. The first-order valence-corrected chi connectivity index (χ1v) is 4.16. The van der Waals surface area contributed by atoms with Crippen molar-refractivity contribution in [2.45, 2.75) is 0 Å². The van der Waals surface area contributed by atoms with E-state index in [0.29, 0.717) is 0 Å². The smallest absolute Gasteiger partial charge is 0.184 e. The van der Waals surface area contributed by atoms with Crippen LogP contribution in [-0.4, -0.2) is 16.8 Å². The summed E-state index contributed by atoms with van der Waals surface area (Å²) in [6.07, 6.45) is 0. The van der Waals surface area contributed by atoms with Crippen LogP contribution in [0.1, 0.15) is 15.9 Å². The highest BCUT2D eigenvalue weighted by Crippen LogP contribution is 2.23. The van der Waals surface area contributed by atoms with Gasteiger partial charge in [-0.05, 0) is 12.1 Å². The van der Waals surface area contributed by atoms with Crippen molar-refractivity contribution >= 4 is 17.4 Å². The van der Waals surface area contributed by atoms with Gasteiger partial charge in [0.05, 0.1) is 17.0 Å². The molecule has 14 heavy (non-hydrogen) atoms. The summed E-state index contributed by atoms with van der Waals surface area (Å²) in [5, 5.41) is 17.7. The number of benzene rings is 1. The van der Waals surface area contributed by atoms with Crippen molar-refractivity contribution in [2.75, 3.05) is 5.88 Å². The third-order valence-corrected chi connectivity index (χ3v) is 1.88. The molecule has 0 aromatic heterocycles. The second-order valence-corrected chi connectivity index (χ2v) is 2.76. The summed E-state index contributed by atoms with van der Waals surface area (Å²) < 4.78 is 13.3. The molecule has 0 saturated carbocycles. The fourth-order valence-corrected chi connectivity index (χ4v) is 1.12. The standard InChI is InChI=1S/C9H5ClFNO2/c10-3-7(14)8-6(13)2-1-5(4-12)9(8)11/h1-2,13H,3H2. The molecule has 1 aromatic rings. The van der Waals surface area contributed by atoms with Crippen LogP contribution in [0.15, 0.2) is 12.1 Å². The van der Waals surface area contributed by atoms with Gasteiger partial charge < -0.3 is 5.11 Å². The SMILES string of the molecule is N#Cc1ccc(O)c(C(=O)CCl)c1F. The molecule has 1 aromatic carbocycles. The van der Waals surface area contributed by atoms with Gasteiger partial charge in [0.1, 0.15) is 11.8 Å². The van der Waals surface area contributed by atoms with E-state index in [1.165, 1.54) is 0 Å². The van der Waals surface area contributed by atoms with Crippen LogP contribution in [0, 0.1) is 17.1 Å². The number of hydrogen-bond acceptors (Lipinski definition) is 3. The quantitative estimate of drug-likeness (QED) is 0.602. The maximum Gasteiger partial charge on any atom is 0.184 e. The number of carbonyl (C=O) groups is 1. The fourth-order valence-electron chi connectivity index (χ4n) is 0.984. The third-order valence-electron chi connectivity index (χ3n) is 1.64. The summed E-state index contributed by atoms with van der Waals surface area (Å²) in [5.41, 5.74) is -0.824. The van der Waals surface area contributed by atoms with Crippen molar-refractivity contribution in [1.82, 2.24) is 0 Å². The molecule has 5 heteroatoms. The van der Waals surface area contributed by atoms with Gasteiger partial charge in [0.2, 0.25) is 0 Å². The minimum absolute atomic E-state index is 0.295. The van der Waals surface area contributed by atoms with Crippen LogP contribution in [0.2, 0.25) is 0 Å². The molecule has 0 fully saturated rings. The molecular formula is C9H5ClFNO2. The topological polar surface area (TPSA) is 61.1 Å². The summed E-state index contributed by atoms with van der Waals surface area (Å²) in [5.74, 6) is -2.73. The van der Waals surface area contributed by atoms with E-state index in [9.17, 15) is 14.3 Å². The number of Topliss-reactive ketones (excluding diaryl/α,β-unsaturated/α-hetero) is 1. The Bertz CT molecular complexity index is 426. The van der Waals surface area contributed by atoms with Crippen LogP contribution in [0.25, 0.3) is 0 Å². The first-order chi connectivity index (χ1) is 6.61. The molecule has 0 aliphatic heterocycles. The highest BCUT2D eigenvalue weighted by molar-refractivity contribution is 6.30. The maximum absolute atomic E-state index is 13.3. The molecule has 0 bridgehead atoms. The van der Waals surface area contributed by atoms with E-state index in [4.69, 9.17) is 16.9 Å². The minimum atomic E-state index is -1.03. The predicted octanol–water partition coefficient (Wildman–Crippen LogP) is 1.82. The van der Waals surface area contributed by atoms with Crippen molar-refractivity contribution in [2.24, 2.45) is 0 Å². The molecule has 0 amide bonds. The van der Waals surface area contributed by atoms with Gasteiger partial charge in [-0.2, -0.15) is 5.26 Å². The molecule has 1 rings (SSSR count). The van der Waals surface area contributed by atoms with Crippen molar-refractivity contribution in [3.63, 3.8) is 0 Å². The predicted molar refractivity (Wildman–Crippen MR) is 47.8 cm³/mol. The molecule has 72 valence electrons. The Morgan fingerprint density at radius 1 is 1.64 bits per heavy atom. The Labute approximate surface area is 84.3 Å². The van der Waals surface area contributed by atoms with E-state index in [0.717, 1.165) is 12.1 Å². The number of aromatic hydroxyl groups is 1. The first-order valence-electron chi connectivity index (χ1n) is 3.62. The lowest BCUT2D eigenvalue weighted by atomic mass is 10.1. The summed E-state index contributed by atoms with van der Waals surface area (Å²) >= 11 is 5.22. The van der Waals surface area contributed by atoms with E-state index in [-0.39, 0.29) is 5.56 Å². The monoisotopic (exact) mass is 213 g/mol. The molecule has 0 atom stereocenters. The molecule has 1 N–H and O–H groups in total. The summed E-state index contributed by atoms with van der Waals surface area (Å²) in [6.45, 7) is 0. The lowest BCUT2D eigenvalue weighted by Crippen LogP contribution is -2.05. The number of nitriles is 1. The maximum atomic E-state index is 13.3. The lowest BCUT2D eigenvalue weighted by Gasteiger charge is -2.03. The summed E-state index contributed by atoms with van der Waals surface area (Å²) in [4.78, 5) is 11.1. The molecule has 0 saturated heterocycles. The number of hydrogen-bond donors (Lipinski definition) is 1. The number of carbonyl (C=O) groups excluding carboxylic acids is 1. The largest absolute Gasteiger partial charge is 0.507 e. The Morgan fingerprint density at radius 3 is 2.79 bits per heavy atom. The van der Waals surface area contributed by atoms with Crippen LogP contribution in [0.5, 0.6) is 5.75 Å². The molecule has 0 aliphatic rings. The van der Waals surface area contributed by atoms with Gasteiger partial charge in [-0.25, -0.2) is 4.39 Å². The Morgan fingerprint density at radius 2 is 2.29 bits per heavy atom. The van der Waals surface area contributed by atoms with Crippen molar-refractivity contribution < 1.29 is 14.3 Å². The van der Waals surface area contributed by atoms with Gasteiger partial charge in [-0.15, -0.1) is 11.6 Å². The summed E-state index contributed by atoms with van der Waals surface area (Å²) in [6, 6.07) is 3.74. The zero-order valence-electron chi connectivity index (χ0n) is 6.92. The molecule has 0 aliphatic carbocycles. The van der Waals surface area contributed by atoms with Gasteiger partial charge in [0.15, 0.2) is 11.6 Å². The normalized spacial score (nSPS) is 9.50. The van der Waals surface area contributed by atoms with E-state index in [1.807, 2.05) is 0 Å². The fraction of sp³-hybridized carbons (Fsp3) is 0.111. The third kappa shape index (κ3) is 1.68. The second-order valence-electron chi connectivity index (χ2n) is 2.49. The van der Waals surface area contributed by atoms with Crippen LogP contribution < -0.4 is 0 Å². The molecule has 3 nitrogen and oxygen atoms in total. The average Bonchev–Trinajstić information content (AvgIpc) is 2.18. The van der Waals surface area contributed by atoms with Gasteiger partial charge in [-0.1, -0.05) is 0 Å². The van der Waals surface area contributed by atoms with Gasteiger partial charge in [-0.3, -0.25) is 4.79 Å². The highest BCUT2D eigenvalue weighted by Gasteiger charge is 2.18. The van der Waals surface area contributed by atoms with E-state index < -0.39 is 28.8 Å². The number of phenols is 1. The van der Waals surface area contributed by atoms with Crippen molar-refractivity contribution in [3.8, 4) is 11.8 Å². The van der Waals surface area contributed by atoms with Crippen LogP contribution >= 0.6 is 11.6 Å². The van der Waals surface area contributed by atoms with Crippen molar-refractivity contribution in [3.05, 3.63) is 29.1 Å². The lowest BCUT2D eigenvalue weighted by molar-refractivity contribution is 0.101. The van der Waals surface area contributed by atoms with Crippen LogP contribution in [0.4, 0.5) is 4.39 Å². The minimum Gasteiger partial charge on any atom is -0.507 e. The first kappa shape index (κ1) is 10.5. The zero-order valence-corrected chi connectivity index (χ0v) is 7.68. The number of alkyl halides is 1. The number of ketones is 1. The van der Waals surface area contributed by atoms with Crippen LogP contribution in [0.3, 0.4) is 0 Å². The van der Waals surface area contributed by atoms with Gasteiger partial charge in [0, 0.05) is 0 Å². The highest BCUT2D eigenvalue weighted by atomic mass is 35.5. The number of nitrogens with zero attached hydrogens (tertiary/aromatic N) is 1. The zero-order chi connectivity index (χ0) is 10.7. The van der Waals surface area contributed by atoms with E-state index in [2.05, 4.69) is 0 Å². The summed E-state index contributed by atoms with van der Waals surface area (Å²) in [7, 11) is 0. The molecular weight excluding hydrogens is 209 g/mol. The Balaban J connectivity index is 3.42. The van der Waals surface area contributed by atoms with Gasteiger partial charge in [0.25, 0.3) is 0 Å². The average molecular weight is 214 g/mol. The van der Waals surface area contributed by atoms with E-state index >= 15 is 0 Å². The second kappa shape index (κ2) is 4.07. The molecule has 0 spiro atoms. The van der Waals surface area contributed by atoms with E-state index in [1.54, 1.807) is 6.07 Å². The van der Waals surface area contributed by atoms with Gasteiger partial charge >= 0.3 is 0 Å². The molecule has 0 heterocycles. The Kier molecular flexibility index (Phi) is 3.05. The van der Waals surface area contributed by atoms with Crippen LogP contribution in [-0.2, 0) is 0 Å². The number of phenolic OH excluding ortho intramolecular Hbond substituents is 1. The number of rotatable bonds is 2. The van der Waals surface area contributed by atoms with Crippen molar-refractivity contribution in [1.29, 1.82) is 5.26 Å². The molecule has 0 unspecified atom stereocenters. The Hall–Kier alpha value is -1.60. The number of halogens is 2.